The molecule has 11 nitrogen and oxygen atoms in total. The van der Waals surface area contributed by atoms with Crippen molar-refractivity contribution >= 4 is 29.2 Å². The lowest BCUT2D eigenvalue weighted by molar-refractivity contribution is -0.245. The second-order valence-corrected chi connectivity index (χ2v) is 11.4. The summed E-state index contributed by atoms with van der Waals surface area (Å²) < 4.78 is 20.2. The van der Waals surface area contributed by atoms with Crippen molar-refractivity contribution in [1.82, 2.24) is 20.2 Å². The van der Waals surface area contributed by atoms with Crippen molar-refractivity contribution in [2.45, 2.75) is 36.7 Å². The molecule has 1 fully saturated rings. The number of rotatable bonds is 10. The van der Waals surface area contributed by atoms with E-state index in [4.69, 9.17) is 14.2 Å². The number of urea groups is 1. The number of aliphatic hydroxyl groups excluding tert-OH is 1. The molecule has 0 bridgehead atoms. The molecule has 1 saturated heterocycles. The van der Waals surface area contributed by atoms with Crippen LogP contribution in [0.1, 0.15) is 35.5 Å². The molecule has 1 aromatic heterocycles. The average molecular weight is 625 g/mol. The number of aromatic nitrogens is 4. The summed E-state index contributed by atoms with van der Waals surface area (Å²) >= 11 is 1.52. The van der Waals surface area contributed by atoms with Crippen molar-refractivity contribution in [2.24, 2.45) is 7.05 Å². The zero-order valence-electron chi connectivity index (χ0n) is 24.4. The molecule has 1 aliphatic heterocycles. The summed E-state index contributed by atoms with van der Waals surface area (Å²) in [7, 11) is 1.80. The zero-order valence-corrected chi connectivity index (χ0v) is 25.3. The monoisotopic (exact) mass is 624 g/mol. The molecule has 3 atom stereocenters. The number of anilines is 2. The van der Waals surface area contributed by atoms with Crippen molar-refractivity contribution in [3.05, 3.63) is 120 Å². The quantitative estimate of drug-likeness (QED) is 0.149. The van der Waals surface area contributed by atoms with E-state index in [9.17, 15) is 9.90 Å². The highest BCUT2D eigenvalue weighted by Crippen LogP contribution is 2.39. The van der Waals surface area contributed by atoms with Gasteiger partial charge in [0, 0.05) is 36.2 Å². The summed E-state index contributed by atoms with van der Waals surface area (Å²) in [6, 6.07) is 31.4. The van der Waals surface area contributed by atoms with Gasteiger partial charge in [-0.15, -0.1) is 5.10 Å². The van der Waals surface area contributed by atoms with E-state index >= 15 is 0 Å². The molecule has 0 saturated carbocycles. The maximum atomic E-state index is 12.7. The van der Waals surface area contributed by atoms with Crippen LogP contribution in [0.2, 0.25) is 0 Å². The van der Waals surface area contributed by atoms with E-state index in [-0.39, 0.29) is 24.8 Å². The van der Waals surface area contributed by atoms with Gasteiger partial charge in [0.1, 0.15) is 11.5 Å². The molecule has 2 heterocycles. The van der Waals surface area contributed by atoms with Gasteiger partial charge in [-0.3, -0.25) is 0 Å². The van der Waals surface area contributed by atoms with Crippen LogP contribution >= 0.6 is 11.8 Å². The van der Waals surface area contributed by atoms with Crippen LogP contribution in [0.25, 0.3) is 0 Å². The van der Waals surface area contributed by atoms with Crippen LogP contribution < -0.4 is 15.4 Å². The minimum atomic E-state index is -0.621. The number of tetrazole rings is 1. The lowest BCUT2D eigenvalue weighted by atomic mass is 10.0. The maximum absolute atomic E-state index is 12.7. The van der Waals surface area contributed by atoms with E-state index in [0.29, 0.717) is 34.5 Å². The number of amides is 2. The maximum Gasteiger partial charge on any atom is 0.323 e. The summed E-state index contributed by atoms with van der Waals surface area (Å²) in [6.07, 6.45) is -0.329. The molecule has 2 amide bonds. The Morgan fingerprint density at radius 2 is 1.53 bits per heavy atom. The van der Waals surface area contributed by atoms with E-state index in [2.05, 4.69) is 26.2 Å². The highest BCUT2D eigenvalue weighted by atomic mass is 32.2. The van der Waals surface area contributed by atoms with Crippen molar-refractivity contribution in [2.75, 3.05) is 16.4 Å². The molecule has 230 valence electrons. The molecule has 0 aliphatic carbocycles. The molecule has 4 aromatic carbocycles. The first kappa shape index (κ1) is 30.3. The SMILES string of the molecule is Cn1nnnc1SC[C@@H]1C[C@H](c2ccc(CO)cc2)O[C@H](c2ccc(NC(=O)Nc3ccc(Oc4ccccc4)cc3)cc2)O1. The molecule has 45 heavy (non-hydrogen) atoms. The van der Waals surface area contributed by atoms with Gasteiger partial charge in [0.15, 0.2) is 6.29 Å². The fourth-order valence-corrected chi connectivity index (χ4v) is 5.65. The van der Waals surface area contributed by atoms with Crippen LogP contribution in [-0.2, 0) is 23.1 Å². The van der Waals surface area contributed by atoms with Gasteiger partial charge in [-0.25, -0.2) is 9.48 Å². The molecule has 0 radical (unpaired) electrons. The minimum absolute atomic E-state index is 0.0169. The van der Waals surface area contributed by atoms with Crippen molar-refractivity contribution in [1.29, 1.82) is 0 Å². The fraction of sp³-hybridized carbons (Fsp3) is 0.212. The predicted molar refractivity (Wildman–Crippen MR) is 170 cm³/mol. The van der Waals surface area contributed by atoms with E-state index in [0.717, 1.165) is 22.4 Å². The lowest BCUT2D eigenvalue weighted by Crippen LogP contribution is -2.31. The van der Waals surface area contributed by atoms with Gasteiger partial charge in [0.2, 0.25) is 5.16 Å². The third-order valence-electron chi connectivity index (χ3n) is 7.13. The van der Waals surface area contributed by atoms with E-state index in [1.807, 2.05) is 78.9 Å². The van der Waals surface area contributed by atoms with Gasteiger partial charge in [0.25, 0.3) is 0 Å². The van der Waals surface area contributed by atoms with E-state index < -0.39 is 6.29 Å². The van der Waals surface area contributed by atoms with Crippen LogP contribution in [0, 0.1) is 0 Å². The number of para-hydroxylation sites is 1. The number of nitrogens with zero attached hydrogens (tertiary/aromatic N) is 4. The second kappa shape index (κ2) is 14.4. The molecular formula is C33H32N6O5S. The summed E-state index contributed by atoms with van der Waals surface area (Å²) in [5.74, 6) is 2.05. The number of hydrogen-bond acceptors (Lipinski definition) is 9. The molecule has 0 unspecified atom stereocenters. The molecule has 6 rings (SSSR count). The summed E-state index contributed by atoms with van der Waals surface area (Å²) in [5, 5.41) is 27.5. The van der Waals surface area contributed by atoms with Gasteiger partial charge in [0.05, 0.1) is 18.8 Å². The number of carbonyl (C=O) groups is 1. The summed E-state index contributed by atoms with van der Waals surface area (Å²) in [4.78, 5) is 12.7. The number of nitrogens with one attached hydrogen (secondary N) is 2. The van der Waals surface area contributed by atoms with Crippen LogP contribution in [0.5, 0.6) is 11.5 Å². The Kier molecular flexibility index (Phi) is 9.66. The molecule has 0 spiro atoms. The summed E-state index contributed by atoms with van der Waals surface area (Å²) in [5.41, 5.74) is 3.92. The Hall–Kier alpha value is -4.75. The van der Waals surface area contributed by atoms with Gasteiger partial charge in [-0.2, -0.15) is 0 Å². The predicted octanol–water partition coefficient (Wildman–Crippen LogP) is 6.48. The van der Waals surface area contributed by atoms with Crippen LogP contribution in [0.3, 0.4) is 0 Å². The largest absolute Gasteiger partial charge is 0.457 e. The average Bonchev–Trinajstić information content (AvgIpc) is 3.49. The first-order valence-electron chi connectivity index (χ1n) is 14.4. The Morgan fingerprint density at radius 3 is 2.18 bits per heavy atom. The molecule has 1 aliphatic rings. The lowest BCUT2D eigenvalue weighted by Gasteiger charge is -2.36. The first-order chi connectivity index (χ1) is 22.0. The molecule has 5 aromatic rings. The Morgan fingerprint density at radius 1 is 0.889 bits per heavy atom. The number of ether oxygens (including phenoxy) is 3. The second-order valence-electron chi connectivity index (χ2n) is 10.4. The van der Waals surface area contributed by atoms with Gasteiger partial charge >= 0.3 is 6.03 Å². The van der Waals surface area contributed by atoms with Gasteiger partial charge < -0.3 is 30.0 Å². The third kappa shape index (κ3) is 8.05. The smallest absolute Gasteiger partial charge is 0.323 e. The van der Waals surface area contributed by atoms with Crippen LogP contribution in [0.4, 0.5) is 16.2 Å². The highest BCUT2D eigenvalue weighted by Gasteiger charge is 2.32. The number of thioether (sulfide) groups is 1. The standard InChI is InChI=1S/C33H32N6O5S/c1-39-33(36-37-38-39)45-21-29-19-30(23-9-7-22(20-40)8-10-23)44-31(43-29)24-11-13-25(14-12-24)34-32(41)35-26-15-17-28(18-16-26)42-27-5-3-2-4-6-27/h2-18,29-31,40H,19-21H2,1H3,(H2,34,35,41)/t29-,30+,31+/m0/s1. The molecule has 12 heteroatoms. The highest BCUT2D eigenvalue weighted by molar-refractivity contribution is 7.99. The van der Waals surface area contributed by atoms with Gasteiger partial charge in [-0.05, 0) is 70.1 Å². The van der Waals surface area contributed by atoms with Crippen molar-refractivity contribution < 1.29 is 24.1 Å². The molecular weight excluding hydrogens is 592 g/mol. The molecule has 3 N–H and O–H groups in total. The van der Waals surface area contributed by atoms with E-state index in [1.54, 1.807) is 36.0 Å². The Bertz CT molecular complexity index is 1680. The first-order valence-corrected chi connectivity index (χ1v) is 15.4. The van der Waals surface area contributed by atoms with Crippen molar-refractivity contribution in [3.63, 3.8) is 0 Å². The van der Waals surface area contributed by atoms with Crippen molar-refractivity contribution in [3.8, 4) is 11.5 Å². The van der Waals surface area contributed by atoms with E-state index in [1.165, 1.54) is 11.8 Å². The minimum Gasteiger partial charge on any atom is -0.457 e. The normalized spacial score (nSPS) is 17.9. The number of carbonyl (C=O) groups excluding carboxylic acids is 1. The number of aryl methyl sites for hydroxylation is 1. The zero-order chi connectivity index (χ0) is 31.0. The van der Waals surface area contributed by atoms with Gasteiger partial charge in [-0.1, -0.05) is 66.4 Å². The number of aliphatic hydroxyl groups is 1. The summed E-state index contributed by atoms with van der Waals surface area (Å²) in [6.45, 7) is -0.0169. The fourth-order valence-electron chi connectivity index (χ4n) is 4.78. The third-order valence-corrected chi connectivity index (χ3v) is 8.27. The topological polar surface area (TPSA) is 133 Å². The van der Waals surface area contributed by atoms with Crippen LogP contribution in [-0.4, -0.2) is 43.2 Å². The Labute approximate surface area is 264 Å². The number of hydrogen-bond donors (Lipinski definition) is 3. The van der Waals surface area contributed by atoms with Crippen LogP contribution in [0.15, 0.2) is 108 Å². The number of benzene rings is 4. The Balaban J connectivity index is 1.08.